The van der Waals surface area contributed by atoms with Gasteiger partial charge < -0.3 is 10.1 Å². The standard InChI is InChI=1S/C14H22FNO/c1-3-7-13(10-16-4-2)17-11-12-8-5-6-9-14(12)15/h5-6,8-9,13,16H,3-4,7,10-11H2,1-2H3. The Balaban J connectivity index is 2.42. The third kappa shape index (κ3) is 5.29. The van der Waals surface area contributed by atoms with Crippen LogP contribution in [0.15, 0.2) is 24.3 Å². The lowest BCUT2D eigenvalue weighted by molar-refractivity contribution is 0.0337. The molecule has 2 nitrogen and oxygen atoms in total. The van der Waals surface area contributed by atoms with Gasteiger partial charge in [0.05, 0.1) is 12.7 Å². The molecular weight excluding hydrogens is 217 g/mol. The molecule has 1 aromatic carbocycles. The van der Waals surface area contributed by atoms with Crippen LogP contribution in [0.3, 0.4) is 0 Å². The predicted octanol–water partition coefficient (Wildman–Crippen LogP) is 3.12. The van der Waals surface area contributed by atoms with E-state index in [1.54, 1.807) is 12.1 Å². The van der Waals surface area contributed by atoms with Gasteiger partial charge in [-0.2, -0.15) is 0 Å². The molecule has 1 aromatic rings. The fraction of sp³-hybridized carbons (Fsp3) is 0.571. The average molecular weight is 239 g/mol. The Kier molecular flexibility index (Phi) is 6.82. The maximum atomic E-state index is 13.4. The largest absolute Gasteiger partial charge is 0.372 e. The highest BCUT2D eigenvalue weighted by atomic mass is 19.1. The molecule has 0 radical (unpaired) electrons. The highest BCUT2D eigenvalue weighted by Gasteiger charge is 2.09. The van der Waals surface area contributed by atoms with Crippen molar-refractivity contribution in [2.75, 3.05) is 13.1 Å². The maximum absolute atomic E-state index is 13.4. The third-order valence-corrected chi connectivity index (χ3v) is 2.67. The van der Waals surface area contributed by atoms with Crippen molar-refractivity contribution in [1.29, 1.82) is 0 Å². The molecule has 3 heteroatoms. The van der Waals surface area contributed by atoms with Crippen LogP contribution in [0.25, 0.3) is 0 Å². The zero-order valence-corrected chi connectivity index (χ0v) is 10.7. The number of halogens is 1. The average Bonchev–Trinajstić information content (AvgIpc) is 2.34. The summed E-state index contributed by atoms with van der Waals surface area (Å²) in [5, 5.41) is 3.27. The molecule has 1 rings (SSSR count). The van der Waals surface area contributed by atoms with Crippen LogP contribution >= 0.6 is 0 Å². The summed E-state index contributed by atoms with van der Waals surface area (Å²) >= 11 is 0. The summed E-state index contributed by atoms with van der Waals surface area (Å²) in [6.45, 7) is 6.32. The molecule has 0 aliphatic heterocycles. The SMILES string of the molecule is CCCC(CNCC)OCc1ccccc1F. The zero-order chi connectivity index (χ0) is 12.5. The van der Waals surface area contributed by atoms with Gasteiger partial charge >= 0.3 is 0 Å². The van der Waals surface area contributed by atoms with E-state index in [4.69, 9.17) is 4.74 Å². The summed E-state index contributed by atoms with van der Waals surface area (Å²) < 4.78 is 19.1. The molecule has 0 amide bonds. The van der Waals surface area contributed by atoms with Gasteiger partial charge in [-0.25, -0.2) is 4.39 Å². The normalized spacial score (nSPS) is 12.6. The lowest BCUT2D eigenvalue weighted by atomic mass is 10.2. The van der Waals surface area contributed by atoms with Crippen LogP contribution in [-0.4, -0.2) is 19.2 Å². The minimum absolute atomic E-state index is 0.166. The summed E-state index contributed by atoms with van der Waals surface area (Å²) in [6, 6.07) is 6.77. The summed E-state index contributed by atoms with van der Waals surface area (Å²) in [4.78, 5) is 0. The smallest absolute Gasteiger partial charge is 0.128 e. The molecule has 0 saturated carbocycles. The molecule has 1 N–H and O–H groups in total. The number of ether oxygens (including phenoxy) is 1. The Morgan fingerprint density at radius 2 is 2.06 bits per heavy atom. The van der Waals surface area contributed by atoms with Gasteiger partial charge in [0, 0.05) is 12.1 Å². The fourth-order valence-electron chi connectivity index (χ4n) is 1.69. The number of hydrogen-bond donors (Lipinski definition) is 1. The van der Waals surface area contributed by atoms with E-state index in [-0.39, 0.29) is 11.9 Å². The van der Waals surface area contributed by atoms with Crippen molar-refractivity contribution in [2.24, 2.45) is 0 Å². The molecule has 0 saturated heterocycles. The van der Waals surface area contributed by atoms with E-state index >= 15 is 0 Å². The van der Waals surface area contributed by atoms with Crippen molar-refractivity contribution in [3.8, 4) is 0 Å². The quantitative estimate of drug-likeness (QED) is 0.752. The van der Waals surface area contributed by atoms with E-state index in [9.17, 15) is 4.39 Å². The fourth-order valence-corrected chi connectivity index (χ4v) is 1.69. The molecule has 0 fully saturated rings. The van der Waals surface area contributed by atoms with Crippen LogP contribution < -0.4 is 5.32 Å². The van der Waals surface area contributed by atoms with Gasteiger partial charge in [-0.05, 0) is 19.0 Å². The molecule has 96 valence electrons. The second kappa shape index (κ2) is 8.20. The van der Waals surface area contributed by atoms with E-state index in [0.29, 0.717) is 12.2 Å². The van der Waals surface area contributed by atoms with E-state index in [2.05, 4.69) is 19.2 Å². The Hall–Kier alpha value is -0.930. The van der Waals surface area contributed by atoms with Crippen LogP contribution in [-0.2, 0) is 11.3 Å². The number of nitrogens with one attached hydrogen (secondary N) is 1. The zero-order valence-electron chi connectivity index (χ0n) is 10.7. The second-order valence-corrected chi connectivity index (χ2v) is 4.12. The maximum Gasteiger partial charge on any atom is 0.128 e. The molecule has 0 spiro atoms. The molecule has 0 bridgehead atoms. The van der Waals surface area contributed by atoms with Crippen LogP contribution in [0.1, 0.15) is 32.3 Å². The molecule has 0 aliphatic rings. The van der Waals surface area contributed by atoms with E-state index in [1.807, 2.05) is 6.07 Å². The summed E-state index contributed by atoms with van der Waals surface area (Å²) in [5.41, 5.74) is 0.630. The van der Waals surface area contributed by atoms with Crippen molar-refractivity contribution in [2.45, 2.75) is 39.4 Å². The summed E-state index contributed by atoms with van der Waals surface area (Å²) in [6.07, 6.45) is 2.24. The van der Waals surface area contributed by atoms with Gasteiger partial charge in [-0.15, -0.1) is 0 Å². The second-order valence-electron chi connectivity index (χ2n) is 4.12. The Labute approximate surface area is 103 Å². The lowest BCUT2D eigenvalue weighted by Gasteiger charge is -2.17. The summed E-state index contributed by atoms with van der Waals surface area (Å²) in [5.74, 6) is -0.189. The first-order valence-corrected chi connectivity index (χ1v) is 6.33. The van der Waals surface area contributed by atoms with Crippen LogP contribution in [0, 0.1) is 5.82 Å². The molecule has 1 unspecified atom stereocenters. The van der Waals surface area contributed by atoms with Gasteiger partial charge in [-0.1, -0.05) is 38.5 Å². The first-order valence-electron chi connectivity index (χ1n) is 6.33. The molecule has 1 atom stereocenters. The number of hydrogen-bond acceptors (Lipinski definition) is 2. The Morgan fingerprint density at radius 3 is 2.71 bits per heavy atom. The number of benzene rings is 1. The van der Waals surface area contributed by atoms with E-state index < -0.39 is 0 Å². The van der Waals surface area contributed by atoms with Gasteiger partial charge in [0.2, 0.25) is 0 Å². The minimum Gasteiger partial charge on any atom is -0.372 e. The van der Waals surface area contributed by atoms with Crippen molar-refractivity contribution in [3.05, 3.63) is 35.6 Å². The minimum atomic E-state index is -0.189. The number of rotatable bonds is 8. The van der Waals surface area contributed by atoms with Crippen molar-refractivity contribution in [3.63, 3.8) is 0 Å². The first-order chi connectivity index (χ1) is 8.27. The summed E-state index contributed by atoms with van der Waals surface area (Å²) in [7, 11) is 0. The number of likely N-dealkylation sites (N-methyl/N-ethyl adjacent to an activating group) is 1. The van der Waals surface area contributed by atoms with Crippen LogP contribution in [0.2, 0.25) is 0 Å². The van der Waals surface area contributed by atoms with E-state index in [1.165, 1.54) is 6.07 Å². The highest BCUT2D eigenvalue weighted by molar-refractivity contribution is 5.16. The predicted molar refractivity (Wildman–Crippen MR) is 68.4 cm³/mol. The molecule has 0 aromatic heterocycles. The van der Waals surface area contributed by atoms with Crippen LogP contribution in [0.5, 0.6) is 0 Å². The Morgan fingerprint density at radius 1 is 1.29 bits per heavy atom. The van der Waals surface area contributed by atoms with Gasteiger partial charge in [0.25, 0.3) is 0 Å². The van der Waals surface area contributed by atoms with Crippen molar-refractivity contribution in [1.82, 2.24) is 5.32 Å². The van der Waals surface area contributed by atoms with Crippen molar-refractivity contribution < 1.29 is 9.13 Å². The lowest BCUT2D eigenvalue weighted by Crippen LogP contribution is -2.29. The van der Waals surface area contributed by atoms with Gasteiger partial charge in [0.15, 0.2) is 0 Å². The monoisotopic (exact) mass is 239 g/mol. The van der Waals surface area contributed by atoms with Gasteiger partial charge in [0.1, 0.15) is 5.82 Å². The molecular formula is C14H22FNO. The van der Waals surface area contributed by atoms with Crippen molar-refractivity contribution >= 4 is 0 Å². The Bertz CT molecular complexity index is 317. The highest BCUT2D eigenvalue weighted by Crippen LogP contribution is 2.10. The van der Waals surface area contributed by atoms with Gasteiger partial charge in [-0.3, -0.25) is 0 Å². The van der Waals surface area contributed by atoms with E-state index in [0.717, 1.165) is 25.9 Å². The topological polar surface area (TPSA) is 21.3 Å². The molecule has 0 heterocycles. The third-order valence-electron chi connectivity index (χ3n) is 2.67. The molecule has 17 heavy (non-hydrogen) atoms. The molecule has 0 aliphatic carbocycles. The first kappa shape index (κ1) is 14.1. The van der Waals surface area contributed by atoms with Crippen LogP contribution in [0.4, 0.5) is 4.39 Å².